The Labute approximate surface area is 201 Å². The van der Waals surface area contributed by atoms with Gasteiger partial charge in [-0.3, -0.25) is 9.36 Å². The van der Waals surface area contributed by atoms with Gasteiger partial charge >= 0.3 is 0 Å². The molecule has 2 heterocycles. The molecule has 0 atom stereocenters. The van der Waals surface area contributed by atoms with E-state index in [9.17, 15) is 23.9 Å². The number of aromatic amines is 1. The van der Waals surface area contributed by atoms with E-state index in [1.165, 1.54) is 0 Å². The van der Waals surface area contributed by atoms with Gasteiger partial charge in [0.15, 0.2) is 11.0 Å². The van der Waals surface area contributed by atoms with E-state index >= 15 is 0 Å². The maximum Gasteiger partial charge on any atom is 0.266 e. The minimum absolute atomic E-state index is 0.0626. The number of nitrogens with one attached hydrogen (secondary N) is 1. The van der Waals surface area contributed by atoms with Crippen LogP contribution in [0.25, 0.3) is 33.2 Å². The average molecular weight is 487 g/mol. The largest absolute Gasteiger partial charge is 0.510 e. The summed E-state index contributed by atoms with van der Waals surface area (Å²) < 4.78 is 29.2. The second-order valence-corrected chi connectivity index (χ2v) is 8.42. The molecule has 0 aliphatic rings. The van der Waals surface area contributed by atoms with Crippen molar-refractivity contribution in [1.29, 1.82) is 5.26 Å². The standard InChI is InChI=1S/C25H15F2N5O2S/c26-14-9-10-21(17(27)11-14)32-24(34)15-5-1-2-6-18(15)31-25(32)35-13-22(33)16(12-28)23-29-19-7-3-4-8-20(19)30-23/h1-11,33H,13H2,(H,29,30)/b22-16-. The normalized spacial score (nSPS) is 12.0. The van der Waals surface area contributed by atoms with Crippen molar-refractivity contribution in [3.63, 3.8) is 0 Å². The van der Waals surface area contributed by atoms with E-state index < -0.39 is 17.2 Å². The molecule has 0 bridgehead atoms. The molecule has 7 nitrogen and oxygen atoms in total. The smallest absolute Gasteiger partial charge is 0.266 e. The molecule has 0 aliphatic heterocycles. The van der Waals surface area contributed by atoms with Gasteiger partial charge in [0, 0.05) is 6.07 Å². The van der Waals surface area contributed by atoms with Crippen molar-refractivity contribution in [2.24, 2.45) is 0 Å². The van der Waals surface area contributed by atoms with E-state index in [1.54, 1.807) is 42.5 Å². The summed E-state index contributed by atoms with van der Waals surface area (Å²) in [7, 11) is 0. The lowest BCUT2D eigenvalue weighted by atomic mass is 10.2. The molecule has 0 saturated heterocycles. The molecule has 5 rings (SSSR count). The third-order valence-electron chi connectivity index (χ3n) is 5.26. The van der Waals surface area contributed by atoms with Crippen molar-refractivity contribution >= 4 is 39.3 Å². The Balaban J connectivity index is 1.59. The maximum atomic E-state index is 14.6. The number of nitriles is 1. The van der Waals surface area contributed by atoms with Gasteiger partial charge in [-0.25, -0.2) is 18.7 Å². The summed E-state index contributed by atoms with van der Waals surface area (Å²) in [5, 5.41) is 20.7. The van der Waals surface area contributed by atoms with Crippen LogP contribution in [0.3, 0.4) is 0 Å². The fraction of sp³-hybridized carbons (Fsp3) is 0.0400. The van der Waals surface area contributed by atoms with Crippen molar-refractivity contribution < 1.29 is 13.9 Å². The lowest BCUT2D eigenvalue weighted by Crippen LogP contribution is -2.23. The number of thioether (sulfide) groups is 1. The molecule has 0 fully saturated rings. The van der Waals surface area contributed by atoms with Gasteiger partial charge in [-0.1, -0.05) is 36.0 Å². The highest BCUT2D eigenvalue weighted by Gasteiger charge is 2.19. The van der Waals surface area contributed by atoms with Crippen LogP contribution in [0.1, 0.15) is 5.82 Å². The number of nitrogens with zero attached hydrogens (tertiary/aromatic N) is 4. The molecule has 5 aromatic rings. The summed E-state index contributed by atoms with van der Waals surface area (Å²) in [6.07, 6.45) is 0. The predicted octanol–water partition coefficient (Wildman–Crippen LogP) is 5.13. The van der Waals surface area contributed by atoms with Gasteiger partial charge < -0.3 is 10.1 Å². The average Bonchev–Trinajstić information content (AvgIpc) is 3.28. The quantitative estimate of drug-likeness (QED) is 0.154. The van der Waals surface area contributed by atoms with Crippen LogP contribution >= 0.6 is 11.8 Å². The van der Waals surface area contributed by atoms with E-state index in [2.05, 4.69) is 15.0 Å². The van der Waals surface area contributed by atoms with Crippen molar-refractivity contribution in [1.82, 2.24) is 19.5 Å². The summed E-state index contributed by atoms with van der Waals surface area (Å²) in [5.74, 6) is -1.99. The van der Waals surface area contributed by atoms with Crippen molar-refractivity contribution in [3.05, 3.63) is 100 Å². The van der Waals surface area contributed by atoms with Gasteiger partial charge in [0.2, 0.25) is 0 Å². The molecule has 10 heteroatoms. The molecule has 0 saturated carbocycles. The molecule has 3 aromatic carbocycles. The van der Waals surface area contributed by atoms with E-state index in [0.29, 0.717) is 22.6 Å². The minimum Gasteiger partial charge on any atom is -0.510 e. The maximum absolute atomic E-state index is 14.6. The fourth-order valence-corrected chi connectivity index (χ4v) is 4.50. The monoisotopic (exact) mass is 487 g/mol. The van der Waals surface area contributed by atoms with Crippen LogP contribution in [-0.4, -0.2) is 30.4 Å². The predicted molar refractivity (Wildman–Crippen MR) is 129 cm³/mol. The van der Waals surface area contributed by atoms with E-state index in [1.807, 2.05) is 12.1 Å². The first kappa shape index (κ1) is 22.3. The van der Waals surface area contributed by atoms with Crippen molar-refractivity contribution in [2.45, 2.75) is 5.16 Å². The third-order valence-corrected chi connectivity index (χ3v) is 6.21. The number of benzene rings is 3. The first-order valence-electron chi connectivity index (χ1n) is 10.3. The SMILES string of the molecule is N#C/C(=C(/O)CSc1nc2ccccc2c(=O)n1-c1ccc(F)cc1F)c1nc2ccccc2[nH]1. The topological polar surface area (TPSA) is 108 Å². The van der Waals surface area contributed by atoms with Crippen LogP contribution in [0.15, 0.2) is 82.4 Å². The van der Waals surface area contributed by atoms with Gasteiger partial charge in [-0.15, -0.1) is 0 Å². The number of aliphatic hydroxyl groups is 1. The number of fused-ring (bicyclic) bond motifs is 2. The molecule has 172 valence electrons. The molecule has 0 amide bonds. The zero-order valence-electron chi connectivity index (χ0n) is 17.9. The number of aromatic nitrogens is 4. The number of para-hydroxylation sites is 3. The minimum atomic E-state index is -0.939. The Hall–Kier alpha value is -4.49. The molecule has 0 radical (unpaired) electrons. The number of rotatable bonds is 5. The number of H-pyrrole nitrogens is 1. The van der Waals surface area contributed by atoms with Crippen molar-refractivity contribution in [2.75, 3.05) is 5.75 Å². The van der Waals surface area contributed by atoms with Crippen LogP contribution in [0.2, 0.25) is 0 Å². The molecule has 35 heavy (non-hydrogen) atoms. The Morgan fingerprint density at radius 2 is 1.80 bits per heavy atom. The first-order chi connectivity index (χ1) is 17.0. The van der Waals surface area contributed by atoms with E-state index in [-0.39, 0.29) is 39.1 Å². The summed E-state index contributed by atoms with van der Waals surface area (Å²) in [6, 6.07) is 18.6. The number of hydrogen-bond donors (Lipinski definition) is 2. The van der Waals surface area contributed by atoms with Crippen LogP contribution in [0.4, 0.5) is 8.78 Å². The molecule has 0 spiro atoms. The highest BCUT2D eigenvalue weighted by Crippen LogP contribution is 2.27. The zero-order valence-corrected chi connectivity index (χ0v) is 18.7. The lowest BCUT2D eigenvalue weighted by molar-refractivity contribution is 0.420. The Morgan fingerprint density at radius 1 is 1.06 bits per heavy atom. The highest BCUT2D eigenvalue weighted by atomic mass is 32.2. The van der Waals surface area contributed by atoms with Gasteiger partial charge in [-0.05, 0) is 36.4 Å². The summed E-state index contributed by atoms with van der Waals surface area (Å²) in [6.45, 7) is 0. The Kier molecular flexibility index (Phi) is 5.76. The second-order valence-electron chi connectivity index (χ2n) is 7.47. The summed E-state index contributed by atoms with van der Waals surface area (Å²) in [4.78, 5) is 25.0. The first-order valence-corrected chi connectivity index (χ1v) is 11.3. The van der Waals surface area contributed by atoms with Crippen LogP contribution in [-0.2, 0) is 0 Å². The lowest BCUT2D eigenvalue weighted by Gasteiger charge is -2.14. The fourth-order valence-electron chi connectivity index (χ4n) is 3.61. The number of imidazole rings is 1. The second kappa shape index (κ2) is 9.04. The summed E-state index contributed by atoms with van der Waals surface area (Å²) in [5.41, 5.74) is 0.903. The number of allylic oxidation sites excluding steroid dienone is 1. The zero-order chi connectivity index (χ0) is 24.5. The van der Waals surface area contributed by atoms with Crippen LogP contribution in [0, 0.1) is 23.0 Å². The van der Waals surface area contributed by atoms with Crippen LogP contribution in [0.5, 0.6) is 0 Å². The number of aliphatic hydroxyl groups excluding tert-OH is 1. The molecule has 0 aliphatic carbocycles. The third kappa shape index (κ3) is 4.13. The van der Waals surface area contributed by atoms with Gasteiger partial charge in [-0.2, -0.15) is 5.26 Å². The van der Waals surface area contributed by atoms with Gasteiger partial charge in [0.1, 0.15) is 29.0 Å². The Bertz CT molecular complexity index is 1700. The van der Waals surface area contributed by atoms with Gasteiger partial charge in [0.05, 0.1) is 33.4 Å². The molecular weight excluding hydrogens is 472 g/mol. The van der Waals surface area contributed by atoms with Crippen molar-refractivity contribution in [3.8, 4) is 11.8 Å². The van der Waals surface area contributed by atoms with E-state index in [0.717, 1.165) is 28.5 Å². The molecule has 2 N–H and O–H groups in total. The Morgan fingerprint density at radius 3 is 2.54 bits per heavy atom. The number of hydrogen-bond acceptors (Lipinski definition) is 6. The van der Waals surface area contributed by atoms with Gasteiger partial charge in [0.25, 0.3) is 5.56 Å². The number of halogens is 2. The van der Waals surface area contributed by atoms with E-state index in [4.69, 9.17) is 0 Å². The summed E-state index contributed by atoms with van der Waals surface area (Å²) >= 11 is 0.928. The highest BCUT2D eigenvalue weighted by molar-refractivity contribution is 7.99. The molecule has 0 unspecified atom stereocenters. The molecular formula is C25H15F2N5O2S. The van der Waals surface area contributed by atoms with Crippen LogP contribution < -0.4 is 5.56 Å². The molecule has 2 aromatic heterocycles.